The Kier molecular flexibility index (Phi) is 3.26. The predicted octanol–water partition coefficient (Wildman–Crippen LogP) is 3.12. The van der Waals surface area contributed by atoms with Gasteiger partial charge in [-0.05, 0) is 35.6 Å². The second-order valence-electron chi connectivity index (χ2n) is 5.30. The van der Waals surface area contributed by atoms with Crippen LogP contribution in [0.15, 0.2) is 48.5 Å². The number of fused-ring (bicyclic) bond motifs is 1. The summed E-state index contributed by atoms with van der Waals surface area (Å²) < 4.78 is 0. The van der Waals surface area contributed by atoms with Crippen LogP contribution in [-0.2, 0) is 6.42 Å². The second-order valence-corrected chi connectivity index (χ2v) is 5.30. The largest absolute Gasteiger partial charge is 0.374 e. The third-order valence-electron chi connectivity index (χ3n) is 3.97. The topological polar surface area (TPSA) is 29.3 Å². The Balaban J connectivity index is 1.94. The number of aryl methyl sites for hydroxylation is 1. The molecular formula is C17H20N2. The fourth-order valence-corrected chi connectivity index (χ4v) is 2.85. The lowest BCUT2D eigenvalue weighted by atomic mass is 9.94. The van der Waals surface area contributed by atoms with Gasteiger partial charge in [-0.3, -0.25) is 0 Å². The molecule has 0 aromatic heterocycles. The van der Waals surface area contributed by atoms with Crippen LogP contribution in [0.1, 0.15) is 29.2 Å². The van der Waals surface area contributed by atoms with E-state index >= 15 is 0 Å². The molecule has 2 nitrogen and oxygen atoms in total. The molecule has 1 heterocycles. The first-order valence-electron chi connectivity index (χ1n) is 6.90. The number of anilines is 1. The van der Waals surface area contributed by atoms with Crippen molar-refractivity contribution in [1.29, 1.82) is 0 Å². The van der Waals surface area contributed by atoms with E-state index in [1.165, 1.54) is 28.8 Å². The zero-order chi connectivity index (χ0) is 13.2. The molecule has 19 heavy (non-hydrogen) atoms. The smallest absolute Gasteiger partial charge is 0.0551 e. The third-order valence-corrected chi connectivity index (χ3v) is 3.97. The molecule has 0 radical (unpaired) electrons. The Morgan fingerprint density at radius 2 is 1.84 bits per heavy atom. The number of benzene rings is 2. The zero-order valence-electron chi connectivity index (χ0n) is 11.3. The summed E-state index contributed by atoms with van der Waals surface area (Å²) in [6.45, 7) is 1.15. The van der Waals surface area contributed by atoms with Crippen LogP contribution in [0.3, 0.4) is 0 Å². The normalized spacial score (nSPS) is 16.0. The summed E-state index contributed by atoms with van der Waals surface area (Å²) in [5, 5.41) is 0. The molecule has 0 bridgehead atoms. The number of hydrogen-bond acceptors (Lipinski definition) is 2. The van der Waals surface area contributed by atoms with E-state index in [0.717, 1.165) is 13.0 Å². The van der Waals surface area contributed by atoms with Gasteiger partial charge in [0, 0.05) is 19.3 Å². The molecule has 2 aromatic carbocycles. The monoisotopic (exact) mass is 252 g/mol. The van der Waals surface area contributed by atoms with Crippen molar-refractivity contribution in [1.82, 2.24) is 0 Å². The SMILES string of the molecule is CN1CCCc2cc(C(N)c3ccccc3)ccc21. The maximum atomic E-state index is 6.37. The van der Waals surface area contributed by atoms with Crippen molar-refractivity contribution in [2.24, 2.45) is 5.73 Å². The maximum Gasteiger partial charge on any atom is 0.0551 e. The molecule has 1 aliphatic heterocycles. The zero-order valence-corrected chi connectivity index (χ0v) is 11.3. The fraction of sp³-hybridized carbons (Fsp3) is 0.294. The van der Waals surface area contributed by atoms with Crippen LogP contribution in [-0.4, -0.2) is 13.6 Å². The molecule has 1 aliphatic rings. The summed E-state index contributed by atoms with van der Waals surface area (Å²) >= 11 is 0. The van der Waals surface area contributed by atoms with E-state index in [0.29, 0.717) is 0 Å². The highest BCUT2D eigenvalue weighted by atomic mass is 15.1. The average molecular weight is 252 g/mol. The van der Waals surface area contributed by atoms with Crippen molar-refractivity contribution in [2.75, 3.05) is 18.5 Å². The van der Waals surface area contributed by atoms with Gasteiger partial charge < -0.3 is 10.6 Å². The number of rotatable bonds is 2. The summed E-state index contributed by atoms with van der Waals surface area (Å²) in [6.07, 6.45) is 2.39. The quantitative estimate of drug-likeness (QED) is 0.889. The minimum Gasteiger partial charge on any atom is -0.374 e. The molecule has 3 rings (SSSR count). The van der Waals surface area contributed by atoms with Crippen molar-refractivity contribution in [2.45, 2.75) is 18.9 Å². The average Bonchev–Trinajstić information content (AvgIpc) is 2.47. The highest BCUT2D eigenvalue weighted by Gasteiger charge is 2.16. The standard InChI is InChI=1S/C17H20N2/c1-19-11-5-8-14-12-15(9-10-16(14)19)17(18)13-6-3-2-4-7-13/h2-4,6-7,9-10,12,17H,5,8,11,18H2,1H3. The lowest BCUT2D eigenvalue weighted by molar-refractivity contribution is 0.740. The first kappa shape index (κ1) is 12.2. The number of nitrogens with zero attached hydrogens (tertiary/aromatic N) is 1. The Labute approximate surface area is 114 Å². The van der Waals surface area contributed by atoms with E-state index in [2.05, 4.69) is 42.3 Å². The summed E-state index contributed by atoms with van der Waals surface area (Å²) in [5.74, 6) is 0. The van der Waals surface area contributed by atoms with Gasteiger partial charge in [-0.25, -0.2) is 0 Å². The Morgan fingerprint density at radius 1 is 1.05 bits per heavy atom. The van der Waals surface area contributed by atoms with Crippen LogP contribution in [0.4, 0.5) is 5.69 Å². The molecule has 0 saturated heterocycles. The van der Waals surface area contributed by atoms with Gasteiger partial charge >= 0.3 is 0 Å². The summed E-state index contributed by atoms with van der Waals surface area (Å²) in [7, 11) is 2.16. The molecule has 98 valence electrons. The summed E-state index contributed by atoms with van der Waals surface area (Å²) in [4.78, 5) is 2.33. The van der Waals surface area contributed by atoms with Crippen molar-refractivity contribution in [3.63, 3.8) is 0 Å². The third kappa shape index (κ3) is 2.36. The molecule has 0 amide bonds. The Bertz CT molecular complexity index is 563. The molecule has 2 aromatic rings. The first-order chi connectivity index (χ1) is 9.25. The molecular weight excluding hydrogens is 232 g/mol. The van der Waals surface area contributed by atoms with Gasteiger partial charge in [0.1, 0.15) is 0 Å². The van der Waals surface area contributed by atoms with E-state index in [4.69, 9.17) is 5.73 Å². The van der Waals surface area contributed by atoms with E-state index in [1.54, 1.807) is 0 Å². The predicted molar refractivity (Wildman–Crippen MR) is 80.5 cm³/mol. The van der Waals surface area contributed by atoms with Gasteiger partial charge in [0.2, 0.25) is 0 Å². The highest BCUT2D eigenvalue weighted by Crippen LogP contribution is 2.29. The van der Waals surface area contributed by atoms with Crippen LogP contribution in [0.2, 0.25) is 0 Å². The Hall–Kier alpha value is -1.80. The highest BCUT2D eigenvalue weighted by molar-refractivity contribution is 5.57. The molecule has 2 heteroatoms. The second kappa shape index (κ2) is 5.06. The maximum absolute atomic E-state index is 6.37. The summed E-state index contributed by atoms with van der Waals surface area (Å²) in [5.41, 5.74) is 11.5. The lowest BCUT2D eigenvalue weighted by Gasteiger charge is -2.28. The first-order valence-corrected chi connectivity index (χ1v) is 6.90. The van der Waals surface area contributed by atoms with E-state index in [1.807, 2.05) is 18.2 Å². The molecule has 0 fully saturated rings. The molecule has 0 saturated carbocycles. The van der Waals surface area contributed by atoms with Crippen LogP contribution in [0.5, 0.6) is 0 Å². The van der Waals surface area contributed by atoms with Crippen LogP contribution in [0, 0.1) is 0 Å². The molecule has 1 atom stereocenters. The minimum atomic E-state index is -0.0290. The van der Waals surface area contributed by atoms with Crippen molar-refractivity contribution < 1.29 is 0 Å². The van der Waals surface area contributed by atoms with Crippen LogP contribution >= 0.6 is 0 Å². The van der Waals surface area contributed by atoms with Gasteiger partial charge in [-0.2, -0.15) is 0 Å². The van der Waals surface area contributed by atoms with E-state index in [9.17, 15) is 0 Å². The summed E-state index contributed by atoms with van der Waals surface area (Å²) in [6, 6.07) is 16.9. The molecule has 2 N–H and O–H groups in total. The van der Waals surface area contributed by atoms with E-state index < -0.39 is 0 Å². The van der Waals surface area contributed by atoms with Gasteiger partial charge in [-0.1, -0.05) is 42.5 Å². The van der Waals surface area contributed by atoms with Crippen molar-refractivity contribution in [3.8, 4) is 0 Å². The van der Waals surface area contributed by atoms with Crippen LogP contribution in [0.25, 0.3) is 0 Å². The van der Waals surface area contributed by atoms with Gasteiger partial charge in [0.05, 0.1) is 6.04 Å². The fourth-order valence-electron chi connectivity index (χ4n) is 2.85. The minimum absolute atomic E-state index is 0.0290. The number of nitrogens with two attached hydrogens (primary N) is 1. The van der Waals surface area contributed by atoms with Crippen LogP contribution < -0.4 is 10.6 Å². The van der Waals surface area contributed by atoms with Gasteiger partial charge in [0.25, 0.3) is 0 Å². The molecule has 1 unspecified atom stereocenters. The van der Waals surface area contributed by atoms with Crippen molar-refractivity contribution >= 4 is 5.69 Å². The van der Waals surface area contributed by atoms with Gasteiger partial charge in [-0.15, -0.1) is 0 Å². The lowest BCUT2D eigenvalue weighted by Crippen LogP contribution is -2.25. The van der Waals surface area contributed by atoms with Crippen molar-refractivity contribution in [3.05, 3.63) is 65.2 Å². The van der Waals surface area contributed by atoms with Gasteiger partial charge in [0.15, 0.2) is 0 Å². The Morgan fingerprint density at radius 3 is 2.63 bits per heavy atom. The number of hydrogen-bond donors (Lipinski definition) is 1. The molecule has 0 spiro atoms. The van der Waals surface area contributed by atoms with E-state index in [-0.39, 0.29) is 6.04 Å². The molecule has 0 aliphatic carbocycles.